The van der Waals surface area contributed by atoms with Gasteiger partial charge in [0.2, 0.25) is 0 Å². The van der Waals surface area contributed by atoms with Crippen LogP contribution in [-0.4, -0.2) is 0 Å². The van der Waals surface area contributed by atoms with Crippen LogP contribution < -0.4 is 9.64 Å². The second-order valence-corrected chi connectivity index (χ2v) is 15.6. The van der Waals surface area contributed by atoms with E-state index in [2.05, 4.69) is 229 Å². The molecule has 1 heterocycles. The molecular weight excluding hydrogens is 715 g/mol. The Balaban J connectivity index is 1.09. The molecule has 0 aromatic heterocycles. The average molecular weight is 752 g/mol. The number of anilines is 3. The Hall–Kier alpha value is -7.68. The Morgan fingerprint density at radius 2 is 0.729 bits per heavy atom. The van der Waals surface area contributed by atoms with Crippen molar-refractivity contribution in [3.8, 4) is 44.9 Å². The maximum absolute atomic E-state index is 7.17. The Morgan fingerprint density at radius 3 is 1.29 bits per heavy atom. The molecule has 1 spiro atoms. The van der Waals surface area contributed by atoms with E-state index in [0.29, 0.717) is 0 Å². The van der Waals surface area contributed by atoms with Gasteiger partial charge >= 0.3 is 0 Å². The largest absolute Gasteiger partial charge is 0.455 e. The third-order valence-electron chi connectivity index (χ3n) is 12.5. The van der Waals surface area contributed by atoms with Crippen LogP contribution in [-0.2, 0) is 5.41 Å². The predicted octanol–water partition coefficient (Wildman–Crippen LogP) is 15.3. The molecule has 2 heteroatoms. The lowest BCUT2D eigenvalue weighted by Crippen LogP contribution is -2.32. The summed E-state index contributed by atoms with van der Waals surface area (Å²) in [5.41, 5.74) is 14.8. The zero-order valence-corrected chi connectivity index (χ0v) is 32.2. The van der Waals surface area contributed by atoms with Crippen molar-refractivity contribution in [3.63, 3.8) is 0 Å². The lowest BCUT2D eigenvalue weighted by molar-refractivity contribution is 0.447. The minimum atomic E-state index is -0.596. The third kappa shape index (κ3) is 5.06. The quantitative estimate of drug-likeness (QED) is 0.174. The summed E-state index contributed by atoms with van der Waals surface area (Å²) >= 11 is 0. The molecule has 10 aromatic carbocycles. The fraction of sp³-hybridized carbons (Fsp3) is 0.0175. The number of benzene rings is 10. The molecule has 0 saturated heterocycles. The SMILES string of the molecule is c1ccc(-c2ccc(N(c3ccc(-c4ccccc4)cc3)c3ccc4c(c3)-c3ccccc3C43c4ccc5ccccc5c4Oc4c3ccc3ccccc43)cc2)cc1. The van der Waals surface area contributed by atoms with E-state index >= 15 is 0 Å². The zero-order chi connectivity index (χ0) is 38.9. The van der Waals surface area contributed by atoms with Crippen molar-refractivity contribution in [2.45, 2.75) is 5.41 Å². The van der Waals surface area contributed by atoms with Crippen molar-refractivity contribution < 1.29 is 4.74 Å². The van der Waals surface area contributed by atoms with Gasteiger partial charge in [0.1, 0.15) is 11.5 Å². The van der Waals surface area contributed by atoms with Crippen molar-refractivity contribution in [3.05, 3.63) is 247 Å². The summed E-state index contributed by atoms with van der Waals surface area (Å²) in [6, 6.07) is 81.6. The fourth-order valence-corrected chi connectivity index (χ4v) is 9.85. The van der Waals surface area contributed by atoms with Crippen molar-refractivity contribution >= 4 is 38.6 Å². The van der Waals surface area contributed by atoms with Crippen LogP contribution in [0.2, 0.25) is 0 Å². The Bertz CT molecular complexity index is 3050. The van der Waals surface area contributed by atoms with Gasteiger partial charge in [-0.1, -0.05) is 188 Å². The number of rotatable bonds is 5. The van der Waals surface area contributed by atoms with E-state index in [9.17, 15) is 0 Å². The molecule has 0 N–H and O–H groups in total. The maximum Gasteiger partial charge on any atom is 0.140 e. The van der Waals surface area contributed by atoms with Crippen molar-refractivity contribution in [2.75, 3.05) is 4.90 Å². The minimum Gasteiger partial charge on any atom is -0.455 e. The standard InChI is InChI=1S/C57H37NO/c1-3-13-38(14-4-1)40-23-29-44(30-24-40)58(45-31-25-41(26-32-45)39-15-5-2-6-16-39)46-33-36-52-50(37-46)49-21-11-12-22-51(49)57(52)53-34-27-42-17-7-9-19-47(42)55(53)59-56-48-20-10-8-18-43(48)28-35-54(56)57/h1-37H. The summed E-state index contributed by atoms with van der Waals surface area (Å²) in [4.78, 5) is 2.39. The normalized spacial score (nSPS) is 13.0. The Morgan fingerprint density at radius 1 is 0.305 bits per heavy atom. The third-order valence-corrected chi connectivity index (χ3v) is 12.5. The van der Waals surface area contributed by atoms with Crippen LogP contribution >= 0.6 is 0 Å². The van der Waals surface area contributed by atoms with Crippen LogP contribution in [0.25, 0.3) is 54.9 Å². The lowest BCUT2D eigenvalue weighted by Gasteiger charge is -2.40. The monoisotopic (exact) mass is 751 g/mol. The van der Waals surface area contributed by atoms with Gasteiger partial charge < -0.3 is 9.64 Å². The van der Waals surface area contributed by atoms with Crippen LogP contribution in [0.4, 0.5) is 17.1 Å². The molecule has 0 fully saturated rings. The van der Waals surface area contributed by atoms with Gasteiger partial charge in [-0.2, -0.15) is 0 Å². The molecule has 59 heavy (non-hydrogen) atoms. The Labute approximate surface area is 343 Å². The molecule has 0 saturated carbocycles. The summed E-state index contributed by atoms with van der Waals surface area (Å²) < 4.78 is 7.17. The predicted molar refractivity (Wildman–Crippen MR) is 244 cm³/mol. The topological polar surface area (TPSA) is 12.5 Å². The lowest BCUT2D eigenvalue weighted by atomic mass is 9.65. The zero-order valence-electron chi connectivity index (χ0n) is 32.2. The minimum absolute atomic E-state index is 0.596. The molecule has 2 nitrogen and oxygen atoms in total. The van der Waals surface area contributed by atoms with Gasteiger partial charge in [-0.25, -0.2) is 0 Å². The highest BCUT2D eigenvalue weighted by Gasteiger charge is 2.52. The van der Waals surface area contributed by atoms with Crippen molar-refractivity contribution in [1.29, 1.82) is 0 Å². The molecule has 1 aliphatic carbocycles. The molecule has 0 bridgehead atoms. The van der Waals surface area contributed by atoms with Crippen LogP contribution in [0.15, 0.2) is 224 Å². The average Bonchev–Trinajstić information content (AvgIpc) is 3.60. The smallest absolute Gasteiger partial charge is 0.140 e. The Kier molecular flexibility index (Phi) is 7.48. The van der Waals surface area contributed by atoms with E-state index in [4.69, 9.17) is 4.74 Å². The highest BCUT2D eigenvalue weighted by atomic mass is 16.5. The van der Waals surface area contributed by atoms with Gasteiger partial charge in [0.15, 0.2) is 0 Å². The number of hydrogen-bond donors (Lipinski definition) is 0. The first-order valence-electron chi connectivity index (χ1n) is 20.3. The number of fused-ring (bicyclic) bond motifs is 13. The van der Waals surface area contributed by atoms with Crippen molar-refractivity contribution in [1.82, 2.24) is 0 Å². The molecular formula is C57H37NO. The van der Waals surface area contributed by atoms with E-state index in [-0.39, 0.29) is 0 Å². The van der Waals surface area contributed by atoms with Gasteiger partial charge in [-0.05, 0) is 91.7 Å². The van der Waals surface area contributed by atoms with Gasteiger partial charge in [0.25, 0.3) is 0 Å². The van der Waals surface area contributed by atoms with Gasteiger partial charge in [-0.15, -0.1) is 0 Å². The number of hydrogen-bond acceptors (Lipinski definition) is 2. The first-order valence-corrected chi connectivity index (χ1v) is 20.3. The molecule has 2 aliphatic rings. The van der Waals surface area contributed by atoms with Crippen LogP contribution in [0.1, 0.15) is 22.3 Å². The fourth-order valence-electron chi connectivity index (χ4n) is 9.85. The van der Waals surface area contributed by atoms with E-state index in [1.54, 1.807) is 0 Å². The van der Waals surface area contributed by atoms with Crippen molar-refractivity contribution in [2.24, 2.45) is 0 Å². The molecule has 0 unspecified atom stereocenters. The molecule has 0 radical (unpaired) electrons. The summed E-state index contributed by atoms with van der Waals surface area (Å²) in [6.45, 7) is 0. The van der Waals surface area contributed by atoms with E-state index in [1.165, 1.54) is 66.4 Å². The van der Waals surface area contributed by atoms with Crippen LogP contribution in [0.5, 0.6) is 11.5 Å². The molecule has 276 valence electrons. The first-order chi connectivity index (χ1) is 29.3. The number of ether oxygens (including phenoxy) is 1. The van der Waals surface area contributed by atoms with E-state index in [0.717, 1.165) is 39.3 Å². The van der Waals surface area contributed by atoms with Gasteiger partial charge in [0.05, 0.1) is 5.41 Å². The maximum atomic E-state index is 7.17. The molecule has 12 rings (SSSR count). The molecule has 0 amide bonds. The van der Waals surface area contributed by atoms with E-state index < -0.39 is 5.41 Å². The highest BCUT2D eigenvalue weighted by molar-refractivity contribution is 6.00. The summed E-state index contributed by atoms with van der Waals surface area (Å²) in [5.74, 6) is 1.86. The van der Waals surface area contributed by atoms with E-state index in [1.807, 2.05) is 0 Å². The molecule has 0 atom stereocenters. The van der Waals surface area contributed by atoms with Gasteiger partial charge in [0, 0.05) is 39.0 Å². The first kappa shape index (κ1) is 33.5. The van der Waals surface area contributed by atoms with Gasteiger partial charge in [-0.3, -0.25) is 0 Å². The summed E-state index contributed by atoms with van der Waals surface area (Å²) in [6.07, 6.45) is 0. The molecule has 10 aromatic rings. The molecule has 1 aliphatic heterocycles. The summed E-state index contributed by atoms with van der Waals surface area (Å²) in [5, 5.41) is 4.57. The number of nitrogens with zero attached hydrogens (tertiary/aromatic N) is 1. The van der Waals surface area contributed by atoms with Crippen LogP contribution in [0, 0.1) is 0 Å². The highest BCUT2D eigenvalue weighted by Crippen LogP contribution is 2.64. The van der Waals surface area contributed by atoms with Crippen LogP contribution in [0.3, 0.4) is 0 Å². The second kappa shape index (κ2) is 13.2. The summed E-state index contributed by atoms with van der Waals surface area (Å²) in [7, 11) is 0. The second-order valence-electron chi connectivity index (χ2n) is 15.6.